The molecule has 13 heavy (non-hydrogen) atoms. The maximum atomic E-state index is 11.3. The molecule has 1 aliphatic heterocycles. The Kier molecular flexibility index (Phi) is 2.12. The molecule has 0 radical (unpaired) electrons. The minimum atomic E-state index is -0.306. The van der Waals surface area contributed by atoms with E-state index in [1.807, 2.05) is 31.2 Å². The van der Waals surface area contributed by atoms with Crippen molar-refractivity contribution in [3.05, 3.63) is 35.4 Å². The van der Waals surface area contributed by atoms with Crippen LogP contribution in [0.25, 0.3) is 0 Å². The van der Waals surface area contributed by atoms with E-state index in [1.54, 1.807) is 0 Å². The molecule has 68 valence electrons. The summed E-state index contributed by atoms with van der Waals surface area (Å²) in [5.74, 6) is -0.203. The third-order valence-corrected chi connectivity index (χ3v) is 3.07. The number of halogens is 1. The first-order chi connectivity index (χ1) is 6.20. The van der Waals surface area contributed by atoms with Crippen LogP contribution in [0.1, 0.15) is 29.0 Å². The summed E-state index contributed by atoms with van der Waals surface area (Å²) >= 11 is 3.31. The summed E-state index contributed by atoms with van der Waals surface area (Å²) in [4.78, 5) is 11.0. The van der Waals surface area contributed by atoms with Crippen molar-refractivity contribution in [2.75, 3.05) is 0 Å². The summed E-state index contributed by atoms with van der Waals surface area (Å²) in [7, 11) is 0. The Morgan fingerprint density at radius 3 is 2.62 bits per heavy atom. The maximum absolute atomic E-state index is 11.3. The van der Waals surface area contributed by atoms with Crippen LogP contribution in [-0.2, 0) is 9.53 Å². The summed E-state index contributed by atoms with van der Waals surface area (Å²) in [5, 5.41) is 0. The number of hydrogen-bond acceptors (Lipinski definition) is 2. The number of fused-ring (bicyclic) bond motifs is 1. The molecule has 0 bridgehead atoms. The van der Waals surface area contributed by atoms with Gasteiger partial charge < -0.3 is 4.74 Å². The van der Waals surface area contributed by atoms with Gasteiger partial charge in [0.05, 0.1) is 0 Å². The number of ether oxygens (including phenoxy) is 1. The van der Waals surface area contributed by atoms with E-state index in [0.717, 1.165) is 11.1 Å². The first kappa shape index (κ1) is 8.75. The summed E-state index contributed by atoms with van der Waals surface area (Å²) in [6.45, 7) is 1.88. The highest BCUT2D eigenvalue weighted by Crippen LogP contribution is 2.37. The second kappa shape index (κ2) is 3.14. The molecule has 2 nitrogen and oxygen atoms in total. The lowest BCUT2D eigenvalue weighted by Crippen LogP contribution is -2.21. The van der Waals surface area contributed by atoms with Gasteiger partial charge in [0.2, 0.25) is 0 Å². The van der Waals surface area contributed by atoms with Crippen molar-refractivity contribution in [2.24, 2.45) is 0 Å². The maximum Gasteiger partial charge on any atom is 0.324 e. The molecule has 0 spiro atoms. The number of benzene rings is 1. The second-order valence-electron chi connectivity index (χ2n) is 3.07. The monoisotopic (exact) mass is 240 g/mol. The van der Waals surface area contributed by atoms with E-state index >= 15 is 0 Å². The van der Waals surface area contributed by atoms with Crippen LogP contribution in [0, 0.1) is 0 Å². The molecule has 1 aromatic carbocycles. The molecular weight excluding hydrogens is 232 g/mol. The van der Waals surface area contributed by atoms with Crippen LogP contribution in [-0.4, -0.2) is 5.97 Å². The second-order valence-corrected chi connectivity index (χ2v) is 3.99. The van der Waals surface area contributed by atoms with E-state index in [2.05, 4.69) is 15.9 Å². The fraction of sp³-hybridized carbons (Fsp3) is 0.300. The van der Waals surface area contributed by atoms with Crippen LogP contribution in [0.5, 0.6) is 0 Å². The van der Waals surface area contributed by atoms with Crippen molar-refractivity contribution < 1.29 is 9.53 Å². The van der Waals surface area contributed by atoms with E-state index in [0.29, 0.717) is 0 Å². The van der Waals surface area contributed by atoms with E-state index in [-0.39, 0.29) is 16.9 Å². The zero-order chi connectivity index (χ0) is 9.42. The van der Waals surface area contributed by atoms with Gasteiger partial charge in [-0.05, 0) is 18.1 Å². The smallest absolute Gasteiger partial charge is 0.324 e. The van der Waals surface area contributed by atoms with Gasteiger partial charge in [0.15, 0.2) is 0 Å². The van der Waals surface area contributed by atoms with Gasteiger partial charge in [0.1, 0.15) is 10.9 Å². The zero-order valence-electron chi connectivity index (χ0n) is 7.16. The number of esters is 1. The van der Waals surface area contributed by atoms with Crippen LogP contribution < -0.4 is 0 Å². The lowest BCUT2D eigenvalue weighted by Gasteiger charge is -2.25. The zero-order valence-corrected chi connectivity index (χ0v) is 8.74. The summed E-state index contributed by atoms with van der Waals surface area (Å²) in [6.07, 6.45) is -0.127. The van der Waals surface area contributed by atoms with Crippen molar-refractivity contribution in [2.45, 2.75) is 17.9 Å². The van der Waals surface area contributed by atoms with Gasteiger partial charge in [-0.3, -0.25) is 4.79 Å². The van der Waals surface area contributed by atoms with Crippen LogP contribution in [0.3, 0.4) is 0 Å². The van der Waals surface area contributed by atoms with E-state index < -0.39 is 0 Å². The Morgan fingerprint density at radius 1 is 1.31 bits per heavy atom. The molecule has 0 unspecified atom stereocenters. The molecule has 0 amide bonds. The molecule has 0 aliphatic carbocycles. The van der Waals surface area contributed by atoms with Gasteiger partial charge >= 0.3 is 5.97 Å². The van der Waals surface area contributed by atoms with Gasteiger partial charge in [-0.25, -0.2) is 0 Å². The highest BCUT2D eigenvalue weighted by atomic mass is 79.9. The predicted molar refractivity (Wildman–Crippen MR) is 52.6 cm³/mol. The topological polar surface area (TPSA) is 26.3 Å². The Labute approximate surface area is 85.0 Å². The SMILES string of the molecule is C[C@H]1OC(=O)[C@H](Br)c2ccccc21. The first-order valence-electron chi connectivity index (χ1n) is 4.13. The van der Waals surface area contributed by atoms with E-state index in [1.165, 1.54) is 0 Å². The number of carbonyl (C=O) groups is 1. The number of alkyl halides is 1. The minimum Gasteiger partial charge on any atom is -0.457 e. The summed E-state index contributed by atoms with van der Waals surface area (Å²) in [6, 6.07) is 7.82. The van der Waals surface area contributed by atoms with Crippen LogP contribution >= 0.6 is 15.9 Å². The molecule has 1 aliphatic rings. The molecule has 0 saturated heterocycles. The van der Waals surface area contributed by atoms with Crippen LogP contribution in [0.4, 0.5) is 0 Å². The number of hydrogen-bond donors (Lipinski definition) is 0. The van der Waals surface area contributed by atoms with Crippen molar-refractivity contribution >= 4 is 21.9 Å². The van der Waals surface area contributed by atoms with Gasteiger partial charge in [-0.1, -0.05) is 40.2 Å². The summed E-state index contributed by atoms with van der Waals surface area (Å²) in [5.41, 5.74) is 2.11. The average Bonchev–Trinajstić information content (AvgIpc) is 2.15. The lowest BCUT2D eigenvalue weighted by atomic mass is 9.98. The molecule has 1 heterocycles. The van der Waals surface area contributed by atoms with Crippen molar-refractivity contribution in [3.8, 4) is 0 Å². The largest absolute Gasteiger partial charge is 0.457 e. The molecule has 2 rings (SSSR count). The highest BCUT2D eigenvalue weighted by Gasteiger charge is 2.30. The third-order valence-electron chi connectivity index (χ3n) is 2.21. The molecule has 0 fully saturated rings. The number of carbonyl (C=O) groups excluding carboxylic acids is 1. The predicted octanol–water partition coefficient (Wildman–Crippen LogP) is 2.74. The molecular formula is C10H9BrO2. The van der Waals surface area contributed by atoms with E-state index in [4.69, 9.17) is 4.74 Å². The van der Waals surface area contributed by atoms with Crippen LogP contribution in [0.2, 0.25) is 0 Å². The molecule has 0 saturated carbocycles. The standard InChI is InChI=1S/C10H9BrO2/c1-6-7-4-2-3-5-8(7)9(11)10(12)13-6/h2-6,9H,1H3/t6-,9-/m1/s1. The average molecular weight is 241 g/mol. The van der Waals surface area contributed by atoms with Crippen LogP contribution in [0.15, 0.2) is 24.3 Å². The quantitative estimate of drug-likeness (QED) is 0.515. The van der Waals surface area contributed by atoms with Crippen molar-refractivity contribution in [1.82, 2.24) is 0 Å². The van der Waals surface area contributed by atoms with Crippen molar-refractivity contribution in [3.63, 3.8) is 0 Å². The Morgan fingerprint density at radius 2 is 1.92 bits per heavy atom. The fourth-order valence-electron chi connectivity index (χ4n) is 1.54. The first-order valence-corrected chi connectivity index (χ1v) is 5.05. The van der Waals surface area contributed by atoms with Gasteiger partial charge in [-0.2, -0.15) is 0 Å². The highest BCUT2D eigenvalue weighted by molar-refractivity contribution is 9.09. The normalized spacial score (nSPS) is 26.5. The molecule has 1 aromatic rings. The fourth-order valence-corrected chi connectivity index (χ4v) is 2.06. The van der Waals surface area contributed by atoms with Gasteiger partial charge in [0, 0.05) is 0 Å². The number of cyclic esters (lactones) is 1. The van der Waals surface area contributed by atoms with Gasteiger partial charge in [-0.15, -0.1) is 0 Å². The molecule has 0 N–H and O–H groups in total. The minimum absolute atomic E-state index is 0.127. The molecule has 2 atom stereocenters. The molecule has 3 heteroatoms. The van der Waals surface area contributed by atoms with E-state index in [9.17, 15) is 4.79 Å². The molecule has 0 aromatic heterocycles. The lowest BCUT2D eigenvalue weighted by molar-refractivity contribution is -0.149. The Balaban J connectivity index is 2.53. The van der Waals surface area contributed by atoms with Gasteiger partial charge in [0.25, 0.3) is 0 Å². The number of rotatable bonds is 0. The third kappa shape index (κ3) is 1.37. The Hall–Kier alpha value is -0.830. The Bertz CT molecular complexity index is 349. The summed E-state index contributed by atoms with van der Waals surface area (Å²) < 4.78 is 5.14. The van der Waals surface area contributed by atoms with Crippen molar-refractivity contribution in [1.29, 1.82) is 0 Å².